The Balaban J connectivity index is 0.907. The zero-order valence-electron chi connectivity index (χ0n) is 37.1. The van der Waals surface area contributed by atoms with Gasteiger partial charge in [0, 0.05) is 59.6 Å². The Hall–Kier alpha value is -5.68. The molecule has 1 spiro atoms. The number of carboxylic acid groups (broad SMARTS) is 1. The van der Waals surface area contributed by atoms with Gasteiger partial charge in [0.1, 0.15) is 22.9 Å². The van der Waals surface area contributed by atoms with Crippen molar-refractivity contribution in [2.45, 2.75) is 94.9 Å². The molecule has 2 aromatic heterocycles. The maximum atomic E-state index is 14.0. The van der Waals surface area contributed by atoms with E-state index in [1.54, 1.807) is 25.4 Å². The molecule has 11 nitrogen and oxygen atoms in total. The van der Waals surface area contributed by atoms with Gasteiger partial charge in [-0.15, -0.1) is 0 Å². The molecule has 9 rings (SSSR count). The standard InChI is InChI=1S/C52H59ClN6O5/c1-33(32-64-45-16-23-54-43-12-6-8-34(2)47(43)45)26-38-27-36-14-15-37(28-42(36)51(38)19-21-52(22-20-51,50(61)62)58-40-10-7-9-39(53)29-40)49(60)56-30-35-18-25-59(31-35)46-17-24-55-48(57-46)41-11-4-5-13-44(41)63-3/h4-5,7,9-11,13-17,23-24,28-29,33-35,38,58H,6,8,12,18-22,25-27,30-32H2,1-3H3,(H,56,60)(H,61,62)/t33-,34-,35-,38?,51?,52?/m1/s1. The van der Waals surface area contributed by atoms with Crippen molar-refractivity contribution in [2.24, 2.45) is 17.8 Å². The number of carbonyl (C=O) groups excluding carboxylic acids is 1. The molecule has 3 aliphatic carbocycles. The molecule has 4 aliphatic rings. The van der Waals surface area contributed by atoms with Gasteiger partial charge in [-0.1, -0.05) is 49.7 Å². The van der Waals surface area contributed by atoms with Crippen molar-refractivity contribution in [2.75, 3.05) is 43.6 Å². The van der Waals surface area contributed by atoms with Crippen molar-refractivity contribution in [3.63, 3.8) is 0 Å². The molecule has 1 unspecified atom stereocenters. The summed E-state index contributed by atoms with van der Waals surface area (Å²) < 4.78 is 12.2. The first-order valence-corrected chi connectivity index (χ1v) is 23.4. The van der Waals surface area contributed by atoms with Crippen LogP contribution in [0, 0.1) is 17.8 Å². The molecule has 64 heavy (non-hydrogen) atoms. The number of rotatable bonds is 14. The van der Waals surface area contributed by atoms with Crippen LogP contribution < -0.4 is 25.0 Å². The number of nitrogens with one attached hydrogen (secondary N) is 2. The first kappa shape index (κ1) is 43.6. The average molecular weight is 884 g/mol. The first-order valence-electron chi connectivity index (χ1n) is 23.0. The van der Waals surface area contributed by atoms with E-state index in [1.165, 1.54) is 16.7 Å². The third-order valence-electron chi connectivity index (χ3n) is 14.7. The fraction of sp³-hybridized carbons (Fsp3) is 0.442. The molecule has 334 valence electrons. The van der Waals surface area contributed by atoms with Crippen LogP contribution in [0.25, 0.3) is 11.4 Å². The van der Waals surface area contributed by atoms with Crippen molar-refractivity contribution in [3.05, 3.63) is 124 Å². The van der Waals surface area contributed by atoms with Crippen LogP contribution in [0.5, 0.6) is 11.5 Å². The van der Waals surface area contributed by atoms with Gasteiger partial charge in [0.2, 0.25) is 0 Å². The summed E-state index contributed by atoms with van der Waals surface area (Å²) in [5, 5.41) is 18.0. The third kappa shape index (κ3) is 8.75. The number of ether oxygens (including phenoxy) is 2. The van der Waals surface area contributed by atoms with Crippen molar-refractivity contribution >= 4 is 35.0 Å². The zero-order chi connectivity index (χ0) is 44.4. The van der Waals surface area contributed by atoms with Gasteiger partial charge in [-0.05, 0) is 159 Å². The number of hydrogen-bond donors (Lipinski definition) is 3. The Labute approximate surface area is 381 Å². The van der Waals surface area contributed by atoms with Crippen LogP contribution in [-0.2, 0) is 23.1 Å². The number of carboxylic acids is 1. The molecule has 4 atom stereocenters. The van der Waals surface area contributed by atoms with E-state index in [0.29, 0.717) is 66.9 Å². The van der Waals surface area contributed by atoms with Gasteiger partial charge >= 0.3 is 5.97 Å². The van der Waals surface area contributed by atoms with E-state index in [2.05, 4.69) is 51.5 Å². The van der Waals surface area contributed by atoms with Crippen LogP contribution in [0.15, 0.2) is 91.3 Å². The first-order chi connectivity index (χ1) is 31.0. The second-order valence-electron chi connectivity index (χ2n) is 18.8. The number of benzene rings is 3. The molecule has 0 bridgehead atoms. The number of halogens is 1. The summed E-state index contributed by atoms with van der Waals surface area (Å²) >= 11 is 6.34. The summed E-state index contributed by atoms with van der Waals surface area (Å²) in [7, 11) is 1.65. The lowest BCUT2D eigenvalue weighted by Gasteiger charge is -2.47. The van der Waals surface area contributed by atoms with E-state index in [4.69, 9.17) is 26.1 Å². The molecular weight excluding hydrogens is 824 g/mol. The maximum absolute atomic E-state index is 14.0. The van der Waals surface area contributed by atoms with Crippen molar-refractivity contribution in [1.29, 1.82) is 0 Å². The van der Waals surface area contributed by atoms with Gasteiger partial charge in [-0.25, -0.2) is 14.8 Å². The fourth-order valence-corrected chi connectivity index (χ4v) is 11.5. The second kappa shape index (κ2) is 18.4. The number of methoxy groups -OCH3 is 1. The van der Waals surface area contributed by atoms with Gasteiger partial charge in [0.15, 0.2) is 5.82 Å². The second-order valence-corrected chi connectivity index (χ2v) is 19.3. The number of aryl methyl sites for hydroxylation is 1. The molecule has 3 N–H and O–H groups in total. The number of anilines is 2. The summed E-state index contributed by atoms with van der Waals surface area (Å²) in [4.78, 5) is 43.6. The fourth-order valence-electron chi connectivity index (χ4n) is 11.3. The quantitative estimate of drug-likeness (QED) is 0.0988. The molecule has 12 heteroatoms. The highest BCUT2D eigenvalue weighted by atomic mass is 35.5. The van der Waals surface area contributed by atoms with Crippen LogP contribution >= 0.6 is 11.6 Å². The van der Waals surface area contributed by atoms with E-state index < -0.39 is 11.5 Å². The number of hydrogen-bond acceptors (Lipinski definition) is 9. The number of aliphatic carboxylic acids is 1. The molecule has 1 saturated heterocycles. The Bertz CT molecular complexity index is 2510. The molecule has 5 aromatic rings. The molecule has 3 aromatic carbocycles. The molecule has 2 fully saturated rings. The highest BCUT2D eigenvalue weighted by molar-refractivity contribution is 6.30. The van der Waals surface area contributed by atoms with E-state index in [9.17, 15) is 14.7 Å². The lowest BCUT2D eigenvalue weighted by atomic mass is 9.59. The minimum Gasteiger partial charge on any atom is -0.496 e. The van der Waals surface area contributed by atoms with Crippen molar-refractivity contribution in [1.82, 2.24) is 20.3 Å². The van der Waals surface area contributed by atoms with Crippen LogP contribution in [-0.4, -0.2) is 70.8 Å². The minimum atomic E-state index is -1.14. The van der Waals surface area contributed by atoms with E-state index in [-0.39, 0.29) is 29.1 Å². The van der Waals surface area contributed by atoms with Crippen molar-refractivity contribution in [3.8, 4) is 22.9 Å². The smallest absolute Gasteiger partial charge is 0.329 e. The monoisotopic (exact) mass is 882 g/mol. The largest absolute Gasteiger partial charge is 0.496 e. The summed E-state index contributed by atoms with van der Waals surface area (Å²) in [5.41, 5.74) is 5.63. The molecule has 1 amide bonds. The Morgan fingerprint density at radius 2 is 1.80 bits per heavy atom. The van der Waals surface area contributed by atoms with E-state index in [0.717, 1.165) is 80.2 Å². The number of nitrogens with zero attached hydrogens (tertiary/aromatic N) is 4. The van der Waals surface area contributed by atoms with Gasteiger partial charge in [0.05, 0.1) is 19.3 Å². The number of fused-ring (bicyclic) bond motifs is 3. The highest BCUT2D eigenvalue weighted by Crippen LogP contribution is 2.56. The zero-order valence-corrected chi connectivity index (χ0v) is 37.9. The Kier molecular flexibility index (Phi) is 12.5. The lowest BCUT2D eigenvalue weighted by molar-refractivity contribution is -0.144. The number of amides is 1. The van der Waals surface area contributed by atoms with Crippen LogP contribution in [0.1, 0.15) is 104 Å². The summed E-state index contributed by atoms with van der Waals surface area (Å²) in [6, 6.07) is 25.2. The average Bonchev–Trinajstić information content (AvgIpc) is 3.90. The highest BCUT2D eigenvalue weighted by Gasteiger charge is 2.54. The SMILES string of the molecule is COc1ccccc1-c1nccc(N2CC[C@H](CNC(=O)c3ccc4c(c3)C3(CCC(Nc5cccc(Cl)c5)(C(=O)O)CC3)C(C[C@@H](C)COc3ccnc5c3[C@H](C)CCC5)C4)C2)n1. The molecular formula is C52H59ClN6O5. The van der Waals surface area contributed by atoms with E-state index >= 15 is 0 Å². The van der Waals surface area contributed by atoms with E-state index in [1.807, 2.05) is 60.8 Å². The molecule has 1 aliphatic heterocycles. The maximum Gasteiger partial charge on any atom is 0.329 e. The van der Waals surface area contributed by atoms with Gasteiger partial charge in [0.25, 0.3) is 5.91 Å². The predicted molar refractivity (Wildman–Crippen MR) is 251 cm³/mol. The number of carbonyl (C=O) groups is 2. The molecule has 0 radical (unpaired) electrons. The Morgan fingerprint density at radius 3 is 2.61 bits per heavy atom. The summed E-state index contributed by atoms with van der Waals surface area (Å²) in [6.07, 6.45) is 11.9. The summed E-state index contributed by atoms with van der Waals surface area (Å²) in [5.74, 6) is 3.41. The van der Waals surface area contributed by atoms with Gasteiger partial charge in [-0.3, -0.25) is 9.78 Å². The normalized spacial score (nSPS) is 24.1. The lowest BCUT2D eigenvalue weighted by Crippen LogP contribution is -2.53. The minimum absolute atomic E-state index is 0.0876. The van der Waals surface area contributed by atoms with Gasteiger partial charge < -0.3 is 30.1 Å². The number of pyridine rings is 1. The Morgan fingerprint density at radius 1 is 0.969 bits per heavy atom. The van der Waals surface area contributed by atoms with Crippen LogP contribution in [0.4, 0.5) is 11.5 Å². The topological polar surface area (TPSA) is 139 Å². The number of aromatic nitrogens is 3. The van der Waals surface area contributed by atoms with Crippen LogP contribution in [0.2, 0.25) is 5.02 Å². The van der Waals surface area contributed by atoms with Crippen LogP contribution in [0.3, 0.4) is 0 Å². The molecule has 1 saturated carbocycles. The third-order valence-corrected chi connectivity index (χ3v) is 14.9. The summed E-state index contributed by atoms with van der Waals surface area (Å²) in [6.45, 7) is 7.30. The van der Waals surface area contributed by atoms with Gasteiger partial charge in [-0.2, -0.15) is 0 Å². The number of para-hydroxylation sites is 1. The van der Waals surface area contributed by atoms with Crippen molar-refractivity contribution < 1.29 is 24.2 Å². The molecule has 3 heterocycles. The predicted octanol–water partition coefficient (Wildman–Crippen LogP) is 9.92.